The molecule has 0 bridgehead atoms. The van der Waals surface area contributed by atoms with Crippen LogP contribution >= 0.6 is 12.4 Å². The van der Waals surface area contributed by atoms with Crippen molar-refractivity contribution in [2.24, 2.45) is 0 Å². The highest BCUT2D eigenvalue weighted by atomic mass is 35.5. The van der Waals surface area contributed by atoms with Crippen LogP contribution < -0.4 is 4.74 Å². The predicted molar refractivity (Wildman–Crippen MR) is 109 cm³/mol. The van der Waals surface area contributed by atoms with Gasteiger partial charge in [0, 0.05) is 12.6 Å². The first kappa shape index (κ1) is 20.8. The first-order valence-corrected chi connectivity index (χ1v) is 9.26. The van der Waals surface area contributed by atoms with E-state index < -0.39 is 0 Å². The molecule has 0 aromatic heterocycles. The summed E-state index contributed by atoms with van der Waals surface area (Å²) in [6.45, 7) is 3.60. The molecule has 4 heteroatoms. The van der Waals surface area contributed by atoms with Crippen molar-refractivity contribution >= 4 is 12.4 Å². The fraction of sp³-hybridized carbons (Fsp3) is 0.455. The van der Waals surface area contributed by atoms with Crippen molar-refractivity contribution in [3.63, 3.8) is 0 Å². The van der Waals surface area contributed by atoms with Crippen molar-refractivity contribution < 1.29 is 9.84 Å². The number of aliphatic hydroxyl groups is 1. The number of halogens is 1. The van der Waals surface area contributed by atoms with Crippen molar-refractivity contribution in [2.45, 2.75) is 44.8 Å². The second-order valence-electron chi connectivity index (χ2n) is 7.22. The molecule has 2 atom stereocenters. The van der Waals surface area contributed by atoms with E-state index in [4.69, 9.17) is 4.74 Å². The van der Waals surface area contributed by atoms with Crippen molar-refractivity contribution in [2.75, 3.05) is 20.2 Å². The fourth-order valence-electron chi connectivity index (χ4n) is 3.66. The molecule has 3 rings (SSSR count). The van der Waals surface area contributed by atoms with Gasteiger partial charge in [0.25, 0.3) is 0 Å². The van der Waals surface area contributed by atoms with Gasteiger partial charge in [-0.05, 0) is 56.8 Å². The summed E-state index contributed by atoms with van der Waals surface area (Å²) in [4.78, 5) is 2.24. The third-order valence-corrected chi connectivity index (χ3v) is 5.12. The van der Waals surface area contributed by atoms with Crippen LogP contribution in [0.15, 0.2) is 48.5 Å². The molecule has 3 nitrogen and oxygen atoms in total. The molecule has 1 heterocycles. The van der Waals surface area contributed by atoms with Gasteiger partial charge in [-0.1, -0.05) is 48.0 Å². The van der Waals surface area contributed by atoms with Gasteiger partial charge < -0.3 is 14.7 Å². The van der Waals surface area contributed by atoms with Crippen LogP contribution in [-0.2, 0) is 12.8 Å². The summed E-state index contributed by atoms with van der Waals surface area (Å²) in [7, 11) is 2.08. The van der Waals surface area contributed by atoms with Gasteiger partial charge in [0.1, 0.15) is 5.75 Å². The molecule has 2 aromatic rings. The largest absolute Gasteiger partial charge is 0.493 e. The summed E-state index contributed by atoms with van der Waals surface area (Å²) < 4.78 is 6.12. The average molecular weight is 376 g/mol. The Bertz CT molecular complexity index is 677. The van der Waals surface area contributed by atoms with Crippen molar-refractivity contribution in [3.8, 4) is 5.75 Å². The molecule has 26 heavy (non-hydrogen) atoms. The first-order valence-electron chi connectivity index (χ1n) is 9.26. The Morgan fingerprint density at radius 3 is 2.58 bits per heavy atom. The third-order valence-electron chi connectivity index (χ3n) is 5.12. The lowest BCUT2D eigenvalue weighted by molar-refractivity contribution is 0.182. The second-order valence-corrected chi connectivity index (χ2v) is 7.22. The number of likely N-dealkylation sites (N-methyl/N-ethyl adjacent to an activating group) is 1. The average Bonchev–Trinajstić information content (AvgIpc) is 2.93. The SMILES string of the molecule is Cc1ccc(OCC[C@@H]2C[C@@H](O)CN2C)c(CCc2ccccc2)c1.Cl. The van der Waals surface area contributed by atoms with E-state index in [0.29, 0.717) is 12.6 Å². The molecule has 0 radical (unpaired) electrons. The summed E-state index contributed by atoms with van der Waals surface area (Å²) >= 11 is 0. The summed E-state index contributed by atoms with van der Waals surface area (Å²) in [5.41, 5.74) is 3.91. The van der Waals surface area contributed by atoms with E-state index in [2.05, 4.69) is 67.4 Å². The third kappa shape index (κ3) is 5.73. The molecule has 1 fully saturated rings. The van der Waals surface area contributed by atoms with Crippen LogP contribution in [0.3, 0.4) is 0 Å². The summed E-state index contributed by atoms with van der Waals surface area (Å²) in [6.07, 6.45) is 3.64. The molecule has 0 spiro atoms. The lowest BCUT2D eigenvalue weighted by Crippen LogP contribution is -2.26. The molecule has 1 saturated heterocycles. The molecule has 0 saturated carbocycles. The number of aliphatic hydroxyl groups excluding tert-OH is 1. The number of nitrogens with zero attached hydrogens (tertiary/aromatic N) is 1. The van der Waals surface area contributed by atoms with E-state index in [0.717, 1.165) is 38.0 Å². The molecule has 1 aliphatic rings. The number of ether oxygens (including phenoxy) is 1. The Kier molecular flexibility index (Phi) is 7.95. The van der Waals surface area contributed by atoms with Gasteiger partial charge in [0.15, 0.2) is 0 Å². The molecule has 0 aliphatic carbocycles. The normalized spacial score (nSPS) is 20.0. The van der Waals surface area contributed by atoms with Crippen molar-refractivity contribution in [3.05, 3.63) is 65.2 Å². The van der Waals surface area contributed by atoms with Crippen LogP contribution in [0.1, 0.15) is 29.5 Å². The summed E-state index contributed by atoms with van der Waals surface area (Å²) in [5, 5.41) is 9.76. The maximum atomic E-state index is 9.76. The minimum absolute atomic E-state index is 0. The zero-order valence-corrected chi connectivity index (χ0v) is 16.5. The minimum Gasteiger partial charge on any atom is -0.493 e. The second kappa shape index (κ2) is 9.96. The molecule has 1 aliphatic heterocycles. The van der Waals surface area contributed by atoms with Crippen LogP contribution in [-0.4, -0.2) is 42.4 Å². The van der Waals surface area contributed by atoms with E-state index in [-0.39, 0.29) is 18.5 Å². The van der Waals surface area contributed by atoms with E-state index in [1.165, 1.54) is 16.7 Å². The Morgan fingerprint density at radius 1 is 1.12 bits per heavy atom. The van der Waals surface area contributed by atoms with Gasteiger partial charge in [-0.3, -0.25) is 0 Å². The molecule has 1 N–H and O–H groups in total. The zero-order valence-electron chi connectivity index (χ0n) is 15.7. The number of β-amino-alcohol motifs (C(OH)–C–C–N with tert-alkyl or cyclic N) is 1. The highest BCUT2D eigenvalue weighted by Crippen LogP contribution is 2.24. The van der Waals surface area contributed by atoms with Gasteiger partial charge in [0.05, 0.1) is 12.7 Å². The predicted octanol–water partition coefficient (Wildman–Crippen LogP) is 4.04. The standard InChI is InChI=1S/C22H29NO2.ClH/c1-17-8-11-22(25-13-12-20-15-21(24)16-23(20)2)19(14-17)10-9-18-6-4-3-5-7-18;/h3-8,11,14,20-21,24H,9-10,12-13,15-16H2,1-2H3;1H/t20-,21-;/m1./s1. The molecular weight excluding hydrogens is 346 g/mol. The number of aryl methyl sites for hydroxylation is 3. The quantitative estimate of drug-likeness (QED) is 0.792. The van der Waals surface area contributed by atoms with E-state index in [9.17, 15) is 5.11 Å². The molecule has 142 valence electrons. The maximum absolute atomic E-state index is 9.76. The Labute approximate surface area is 163 Å². The number of rotatable bonds is 7. The number of benzene rings is 2. The highest BCUT2D eigenvalue weighted by Gasteiger charge is 2.27. The smallest absolute Gasteiger partial charge is 0.122 e. The van der Waals surface area contributed by atoms with E-state index in [1.54, 1.807) is 0 Å². The molecular formula is C22H30ClNO2. The van der Waals surface area contributed by atoms with Gasteiger partial charge in [-0.25, -0.2) is 0 Å². The van der Waals surface area contributed by atoms with Crippen LogP contribution in [0.4, 0.5) is 0 Å². The monoisotopic (exact) mass is 375 g/mol. The van der Waals surface area contributed by atoms with Gasteiger partial charge in [0.2, 0.25) is 0 Å². The van der Waals surface area contributed by atoms with Gasteiger partial charge >= 0.3 is 0 Å². The minimum atomic E-state index is -0.184. The number of hydrogen-bond donors (Lipinski definition) is 1. The van der Waals surface area contributed by atoms with Crippen LogP contribution in [0.25, 0.3) is 0 Å². The lowest BCUT2D eigenvalue weighted by Gasteiger charge is -2.19. The van der Waals surface area contributed by atoms with Gasteiger partial charge in [-0.15, -0.1) is 12.4 Å². The van der Waals surface area contributed by atoms with Crippen LogP contribution in [0, 0.1) is 6.92 Å². The fourth-order valence-corrected chi connectivity index (χ4v) is 3.66. The number of hydrogen-bond acceptors (Lipinski definition) is 3. The van der Waals surface area contributed by atoms with E-state index >= 15 is 0 Å². The molecule has 0 unspecified atom stereocenters. The molecule has 0 amide bonds. The van der Waals surface area contributed by atoms with Crippen molar-refractivity contribution in [1.82, 2.24) is 4.90 Å². The highest BCUT2D eigenvalue weighted by molar-refractivity contribution is 5.85. The van der Waals surface area contributed by atoms with Crippen LogP contribution in [0.5, 0.6) is 5.75 Å². The lowest BCUT2D eigenvalue weighted by atomic mass is 10.0. The Balaban J connectivity index is 0.00000243. The number of likely N-dealkylation sites (tertiary alicyclic amines) is 1. The first-order chi connectivity index (χ1) is 12.1. The maximum Gasteiger partial charge on any atom is 0.122 e. The van der Waals surface area contributed by atoms with Crippen molar-refractivity contribution in [1.29, 1.82) is 0 Å². The van der Waals surface area contributed by atoms with E-state index in [1.807, 2.05) is 0 Å². The Hall–Kier alpha value is -1.55. The summed E-state index contributed by atoms with van der Waals surface area (Å²) in [6, 6.07) is 17.5. The topological polar surface area (TPSA) is 32.7 Å². The van der Waals surface area contributed by atoms with Crippen LogP contribution in [0.2, 0.25) is 0 Å². The zero-order chi connectivity index (χ0) is 17.6. The Morgan fingerprint density at radius 2 is 1.88 bits per heavy atom. The summed E-state index contributed by atoms with van der Waals surface area (Å²) in [5.74, 6) is 1.00. The van der Waals surface area contributed by atoms with Gasteiger partial charge in [-0.2, -0.15) is 0 Å². The molecule has 2 aromatic carbocycles.